The highest BCUT2D eigenvalue weighted by atomic mass is 16.6. The Morgan fingerprint density at radius 2 is 1.21 bits per heavy atom. The third-order valence-electron chi connectivity index (χ3n) is 6.75. The molecule has 1 aliphatic carbocycles. The molecule has 0 heterocycles. The van der Waals surface area contributed by atoms with Gasteiger partial charge in [0.25, 0.3) is 0 Å². The van der Waals surface area contributed by atoms with E-state index in [-0.39, 0.29) is 24.2 Å². The quantitative estimate of drug-likeness (QED) is 0.299. The van der Waals surface area contributed by atoms with E-state index < -0.39 is 11.7 Å². The van der Waals surface area contributed by atoms with E-state index in [1.165, 1.54) is 0 Å². The molecule has 0 unspecified atom stereocenters. The monoisotopic (exact) mass is 531 g/mol. The van der Waals surface area contributed by atoms with Crippen LogP contribution in [-0.2, 0) is 38.8 Å². The lowest BCUT2D eigenvalue weighted by atomic mass is 9.81. The first-order valence-corrected chi connectivity index (χ1v) is 13.8. The summed E-state index contributed by atoms with van der Waals surface area (Å²) in [5, 5.41) is 3.09. The predicted molar refractivity (Wildman–Crippen MR) is 152 cm³/mol. The van der Waals surface area contributed by atoms with E-state index in [0.717, 1.165) is 29.5 Å². The zero-order chi connectivity index (χ0) is 27.5. The summed E-state index contributed by atoms with van der Waals surface area (Å²) in [5.41, 5.74) is 2.70. The van der Waals surface area contributed by atoms with Crippen molar-refractivity contribution in [2.75, 3.05) is 6.61 Å². The van der Waals surface area contributed by atoms with Crippen LogP contribution in [0.25, 0.3) is 0 Å². The summed E-state index contributed by atoms with van der Waals surface area (Å²) < 4.78 is 24.9. The average Bonchev–Trinajstić information content (AvgIpc) is 2.92. The summed E-state index contributed by atoms with van der Waals surface area (Å²) in [6, 6.07) is 30.1. The average molecular weight is 532 g/mol. The number of hydrogen-bond donors (Lipinski definition) is 1. The molecule has 4 rings (SSSR count). The number of rotatable bonds is 11. The van der Waals surface area contributed by atoms with E-state index in [1.54, 1.807) is 0 Å². The zero-order valence-corrected chi connectivity index (χ0v) is 23.3. The van der Waals surface area contributed by atoms with Gasteiger partial charge in [-0.2, -0.15) is 0 Å². The van der Waals surface area contributed by atoms with Gasteiger partial charge in [-0.3, -0.25) is 0 Å². The first kappa shape index (κ1) is 28.8. The van der Waals surface area contributed by atoms with Crippen molar-refractivity contribution in [3.05, 3.63) is 108 Å². The topological polar surface area (TPSA) is 66.0 Å². The van der Waals surface area contributed by atoms with E-state index in [4.69, 9.17) is 18.9 Å². The Hall–Kier alpha value is -3.19. The van der Waals surface area contributed by atoms with Crippen molar-refractivity contribution in [1.82, 2.24) is 5.32 Å². The van der Waals surface area contributed by atoms with Crippen LogP contribution in [0.4, 0.5) is 4.79 Å². The van der Waals surface area contributed by atoms with Crippen molar-refractivity contribution >= 4 is 6.09 Å². The van der Waals surface area contributed by atoms with Crippen LogP contribution in [0.15, 0.2) is 91.0 Å². The van der Waals surface area contributed by atoms with Crippen LogP contribution in [0.1, 0.15) is 50.3 Å². The normalized spacial score (nSPS) is 21.3. The summed E-state index contributed by atoms with van der Waals surface area (Å²) in [6.07, 6.45) is 0.476. The lowest BCUT2D eigenvalue weighted by molar-refractivity contribution is -0.151. The van der Waals surface area contributed by atoms with Crippen molar-refractivity contribution in [2.45, 2.75) is 77.3 Å². The number of alkyl carbamates (subject to hydrolysis) is 1. The molecule has 1 aliphatic rings. The Balaban J connectivity index is 1.52. The highest BCUT2D eigenvalue weighted by Gasteiger charge is 2.42. The third kappa shape index (κ3) is 9.50. The summed E-state index contributed by atoms with van der Waals surface area (Å²) in [6.45, 7) is 7.54. The van der Waals surface area contributed by atoms with E-state index in [2.05, 4.69) is 29.6 Å². The lowest BCUT2D eigenvalue weighted by Gasteiger charge is -2.42. The smallest absolute Gasteiger partial charge is 0.407 e. The fraction of sp³-hybridized carbons (Fsp3) is 0.424. The number of ether oxygens (including phenoxy) is 4. The highest BCUT2D eigenvalue weighted by Crippen LogP contribution is 2.32. The van der Waals surface area contributed by atoms with Crippen molar-refractivity contribution in [3.8, 4) is 0 Å². The zero-order valence-electron chi connectivity index (χ0n) is 23.3. The van der Waals surface area contributed by atoms with Gasteiger partial charge in [0.05, 0.1) is 38.6 Å². The molecule has 6 nitrogen and oxygen atoms in total. The van der Waals surface area contributed by atoms with Gasteiger partial charge in [-0.25, -0.2) is 4.79 Å². The fourth-order valence-electron chi connectivity index (χ4n) is 4.89. The molecule has 3 aromatic rings. The Labute approximate surface area is 232 Å². The molecule has 0 aliphatic heterocycles. The molecule has 1 amide bonds. The molecule has 0 spiro atoms. The van der Waals surface area contributed by atoms with Crippen LogP contribution in [0, 0.1) is 5.92 Å². The van der Waals surface area contributed by atoms with Crippen LogP contribution in [0.5, 0.6) is 0 Å². The lowest BCUT2D eigenvalue weighted by Crippen LogP contribution is -2.57. The van der Waals surface area contributed by atoms with Crippen LogP contribution >= 0.6 is 0 Å². The maximum atomic E-state index is 12.8. The SMILES string of the molecule is CC(C)(C)OC(=O)N[C@H]1CC[C@H](COCc2ccccc2)[C@@H](OCc2ccccc2)[C@@H]1OCc1ccccc1. The Bertz CT molecular complexity index is 1120. The largest absolute Gasteiger partial charge is 0.444 e. The summed E-state index contributed by atoms with van der Waals surface area (Å²) in [4.78, 5) is 12.8. The van der Waals surface area contributed by atoms with Gasteiger partial charge in [0.2, 0.25) is 0 Å². The molecule has 208 valence electrons. The molecule has 0 radical (unpaired) electrons. The van der Waals surface area contributed by atoms with Gasteiger partial charge in [0.1, 0.15) is 11.7 Å². The Morgan fingerprint density at radius 3 is 1.72 bits per heavy atom. The maximum Gasteiger partial charge on any atom is 0.407 e. The molecule has 1 N–H and O–H groups in total. The molecule has 1 saturated carbocycles. The van der Waals surface area contributed by atoms with E-state index in [9.17, 15) is 4.79 Å². The Morgan fingerprint density at radius 1 is 0.718 bits per heavy atom. The van der Waals surface area contributed by atoms with E-state index in [0.29, 0.717) is 26.4 Å². The fourth-order valence-corrected chi connectivity index (χ4v) is 4.89. The Kier molecular flexibility index (Phi) is 10.5. The highest BCUT2D eigenvalue weighted by molar-refractivity contribution is 5.68. The van der Waals surface area contributed by atoms with Gasteiger partial charge >= 0.3 is 6.09 Å². The number of hydrogen-bond acceptors (Lipinski definition) is 5. The van der Waals surface area contributed by atoms with Gasteiger partial charge in [0, 0.05) is 5.92 Å². The van der Waals surface area contributed by atoms with Gasteiger partial charge < -0.3 is 24.3 Å². The summed E-state index contributed by atoms with van der Waals surface area (Å²) in [5.74, 6) is 0.106. The molecule has 0 bridgehead atoms. The maximum absolute atomic E-state index is 12.8. The van der Waals surface area contributed by atoms with Crippen LogP contribution < -0.4 is 5.32 Å². The van der Waals surface area contributed by atoms with Gasteiger partial charge in [-0.05, 0) is 50.3 Å². The molecular formula is C33H41NO5. The summed E-state index contributed by atoms with van der Waals surface area (Å²) >= 11 is 0. The first-order chi connectivity index (χ1) is 18.9. The van der Waals surface area contributed by atoms with E-state index in [1.807, 2.05) is 87.5 Å². The van der Waals surface area contributed by atoms with Crippen LogP contribution in [-0.4, -0.2) is 36.6 Å². The van der Waals surface area contributed by atoms with Crippen molar-refractivity contribution < 1.29 is 23.7 Å². The molecule has 39 heavy (non-hydrogen) atoms. The molecular weight excluding hydrogens is 490 g/mol. The first-order valence-electron chi connectivity index (χ1n) is 13.8. The minimum Gasteiger partial charge on any atom is -0.444 e. The van der Waals surface area contributed by atoms with Crippen molar-refractivity contribution in [3.63, 3.8) is 0 Å². The number of benzene rings is 3. The molecule has 6 heteroatoms. The second kappa shape index (κ2) is 14.3. The number of nitrogens with one attached hydrogen (secondary N) is 1. The number of carbonyl (C=O) groups excluding carboxylic acids is 1. The second-order valence-corrected chi connectivity index (χ2v) is 11.1. The molecule has 4 atom stereocenters. The minimum absolute atomic E-state index is 0.106. The predicted octanol–water partition coefficient (Wildman–Crippen LogP) is 6.68. The molecule has 0 aromatic heterocycles. The molecule has 1 fully saturated rings. The van der Waals surface area contributed by atoms with Crippen molar-refractivity contribution in [2.24, 2.45) is 5.92 Å². The number of amides is 1. The van der Waals surface area contributed by atoms with Gasteiger partial charge in [0.15, 0.2) is 0 Å². The minimum atomic E-state index is -0.587. The third-order valence-corrected chi connectivity index (χ3v) is 6.75. The number of carbonyl (C=O) groups is 1. The molecule has 3 aromatic carbocycles. The van der Waals surface area contributed by atoms with Crippen LogP contribution in [0.3, 0.4) is 0 Å². The standard InChI is InChI=1S/C33H41NO5/c1-33(2,3)39-32(35)34-29-20-19-28(24-36-21-25-13-7-4-8-14-25)30(37-22-26-15-9-5-10-16-26)31(29)38-23-27-17-11-6-12-18-27/h4-18,28-31H,19-24H2,1-3H3,(H,34,35)/t28-,29+,30-,31-/m1/s1. The van der Waals surface area contributed by atoms with Crippen LogP contribution in [0.2, 0.25) is 0 Å². The summed E-state index contributed by atoms with van der Waals surface area (Å²) in [7, 11) is 0. The second-order valence-electron chi connectivity index (χ2n) is 11.1. The van der Waals surface area contributed by atoms with Crippen molar-refractivity contribution in [1.29, 1.82) is 0 Å². The molecule has 0 saturated heterocycles. The van der Waals surface area contributed by atoms with Gasteiger partial charge in [-0.1, -0.05) is 91.0 Å². The van der Waals surface area contributed by atoms with E-state index >= 15 is 0 Å². The van der Waals surface area contributed by atoms with Gasteiger partial charge in [-0.15, -0.1) is 0 Å².